The summed E-state index contributed by atoms with van der Waals surface area (Å²) in [6, 6.07) is 0. The van der Waals surface area contributed by atoms with E-state index in [1.54, 1.807) is 24.7 Å². The van der Waals surface area contributed by atoms with Crippen LogP contribution in [0.4, 0.5) is 0 Å². The molecule has 2 aromatic rings. The van der Waals surface area contributed by atoms with Gasteiger partial charge in [-0.1, -0.05) is 18.2 Å². The standard InChI is InChI=1S/C8H6ClN3/c1-2-6-5-11-8-7(9)10-3-4-12(6)8/h2-5H,1H2. The summed E-state index contributed by atoms with van der Waals surface area (Å²) >= 11 is 5.80. The van der Waals surface area contributed by atoms with Crippen LogP contribution >= 0.6 is 11.6 Å². The molecule has 2 rings (SSSR count). The minimum atomic E-state index is 0.408. The molecule has 0 fully saturated rings. The molecule has 0 N–H and O–H groups in total. The lowest BCUT2D eigenvalue weighted by Gasteiger charge is -1.95. The van der Waals surface area contributed by atoms with Gasteiger partial charge in [0.2, 0.25) is 0 Å². The van der Waals surface area contributed by atoms with Gasteiger partial charge in [0.1, 0.15) is 0 Å². The maximum atomic E-state index is 5.80. The lowest BCUT2D eigenvalue weighted by Crippen LogP contribution is -1.88. The molecule has 0 aromatic carbocycles. The highest BCUT2D eigenvalue weighted by Crippen LogP contribution is 2.14. The van der Waals surface area contributed by atoms with Crippen LogP contribution in [0.15, 0.2) is 25.2 Å². The Labute approximate surface area is 74.3 Å². The van der Waals surface area contributed by atoms with Crippen molar-refractivity contribution >= 4 is 23.3 Å². The van der Waals surface area contributed by atoms with Crippen LogP contribution in [0.2, 0.25) is 5.15 Å². The molecule has 0 saturated carbocycles. The number of nitrogens with zero attached hydrogens (tertiary/aromatic N) is 3. The van der Waals surface area contributed by atoms with Crippen LogP contribution < -0.4 is 0 Å². The van der Waals surface area contributed by atoms with Gasteiger partial charge in [-0.2, -0.15) is 0 Å². The highest BCUT2D eigenvalue weighted by molar-refractivity contribution is 6.32. The summed E-state index contributed by atoms with van der Waals surface area (Å²) < 4.78 is 1.84. The lowest BCUT2D eigenvalue weighted by molar-refractivity contribution is 1.11. The van der Waals surface area contributed by atoms with E-state index in [0.717, 1.165) is 5.69 Å². The van der Waals surface area contributed by atoms with Gasteiger partial charge < -0.3 is 0 Å². The van der Waals surface area contributed by atoms with Crippen molar-refractivity contribution in [3.63, 3.8) is 0 Å². The molecule has 0 unspecified atom stereocenters. The molecule has 2 aromatic heterocycles. The van der Waals surface area contributed by atoms with E-state index in [9.17, 15) is 0 Å². The Morgan fingerprint density at radius 1 is 1.50 bits per heavy atom. The molecule has 12 heavy (non-hydrogen) atoms. The molecule has 0 amide bonds. The largest absolute Gasteiger partial charge is 0.296 e. The molecule has 4 heteroatoms. The average molecular weight is 180 g/mol. The van der Waals surface area contributed by atoms with Crippen LogP contribution in [-0.2, 0) is 0 Å². The molecule has 0 radical (unpaired) electrons. The number of rotatable bonds is 1. The summed E-state index contributed by atoms with van der Waals surface area (Å²) in [4.78, 5) is 7.99. The molecule has 2 heterocycles. The van der Waals surface area contributed by atoms with Crippen molar-refractivity contribution in [1.82, 2.24) is 14.4 Å². The van der Waals surface area contributed by atoms with Gasteiger partial charge in [0.25, 0.3) is 0 Å². The third-order valence-corrected chi connectivity index (χ3v) is 1.89. The first-order valence-electron chi connectivity index (χ1n) is 3.43. The zero-order chi connectivity index (χ0) is 8.55. The first-order chi connectivity index (χ1) is 5.83. The summed E-state index contributed by atoms with van der Waals surface area (Å²) in [5, 5.41) is 0.408. The molecule has 3 nitrogen and oxygen atoms in total. The number of imidazole rings is 1. The van der Waals surface area contributed by atoms with E-state index < -0.39 is 0 Å². The average Bonchev–Trinajstić information content (AvgIpc) is 2.49. The van der Waals surface area contributed by atoms with Gasteiger partial charge in [0.05, 0.1) is 11.9 Å². The van der Waals surface area contributed by atoms with E-state index in [1.165, 1.54) is 0 Å². The monoisotopic (exact) mass is 179 g/mol. The number of halogens is 1. The molecule has 0 spiro atoms. The predicted octanol–water partition coefficient (Wildman–Crippen LogP) is 2.03. The molecule has 0 atom stereocenters. The Kier molecular flexibility index (Phi) is 1.59. The van der Waals surface area contributed by atoms with Crippen molar-refractivity contribution in [1.29, 1.82) is 0 Å². The van der Waals surface area contributed by atoms with Crippen LogP contribution in [0.25, 0.3) is 11.7 Å². The quantitative estimate of drug-likeness (QED) is 0.671. The number of hydrogen-bond donors (Lipinski definition) is 0. The van der Waals surface area contributed by atoms with Crippen LogP contribution in [0.3, 0.4) is 0 Å². The predicted molar refractivity (Wildman–Crippen MR) is 48.1 cm³/mol. The summed E-state index contributed by atoms with van der Waals surface area (Å²) in [5.74, 6) is 0. The van der Waals surface area contributed by atoms with E-state index >= 15 is 0 Å². The van der Waals surface area contributed by atoms with Crippen molar-refractivity contribution in [3.8, 4) is 0 Å². The van der Waals surface area contributed by atoms with Gasteiger partial charge in [-0.25, -0.2) is 9.97 Å². The Morgan fingerprint density at radius 2 is 2.33 bits per heavy atom. The molecule has 0 bridgehead atoms. The molecule has 0 aliphatic rings. The first kappa shape index (κ1) is 7.31. The normalized spacial score (nSPS) is 10.4. The van der Waals surface area contributed by atoms with Crippen LogP contribution in [0, 0.1) is 0 Å². The molecule has 0 aliphatic carbocycles. The third kappa shape index (κ3) is 0.905. The van der Waals surface area contributed by atoms with Gasteiger partial charge in [-0.05, 0) is 6.08 Å². The summed E-state index contributed by atoms with van der Waals surface area (Å²) in [5.41, 5.74) is 1.57. The van der Waals surface area contributed by atoms with E-state index in [-0.39, 0.29) is 0 Å². The molecular formula is C8H6ClN3. The minimum absolute atomic E-state index is 0.408. The van der Waals surface area contributed by atoms with Crippen LogP contribution in [0.5, 0.6) is 0 Å². The third-order valence-electron chi connectivity index (χ3n) is 1.62. The molecule has 0 aliphatic heterocycles. The van der Waals surface area contributed by atoms with Gasteiger partial charge in [0, 0.05) is 12.4 Å². The number of aromatic nitrogens is 3. The lowest BCUT2D eigenvalue weighted by atomic mass is 10.5. The van der Waals surface area contributed by atoms with Crippen LogP contribution in [0.1, 0.15) is 5.69 Å². The minimum Gasteiger partial charge on any atom is -0.296 e. The Balaban J connectivity index is 2.88. The maximum absolute atomic E-state index is 5.80. The number of fused-ring (bicyclic) bond motifs is 1. The summed E-state index contributed by atoms with van der Waals surface area (Å²) in [6.07, 6.45) is 6.85. The van der Waals surface area contributed by atoms with E-state index in [4.69, 9.17) is 11.6 Å². The smallest absolute Gasteiger partial charge is 0.175 e. The topological polar surface area (TPSA) is 30.2 Å². The zero-order valence-electron chi connectivity index (χ0n) is 6.24. The fourth-order valence-electron chi connectivity index (χ4n) is 1.06. The van der Waals surface area contributed by atoms with Crippen molar-refractivity contribution in [2.45, 2.75) is 0 Å². The molecular weight excluding hydrogens is 174 g/mol. The van der Waals surface area contributed by atoms with Gasteiger partial charge in [-0.3, -0.25) is 4.40 Å². The van der Waals surface area contributed by atoms with Gasteiger partial charge in [0.15, 0.2) is 10.8 Å². The Bertz CT molecular complexity index is 433. The number of hydrogen-bond acceptors (Lipinski definition) is 2. The van der Waals surface area contributed by atoms with Crippen molar-refractivity contribution in [2.75, 3.05) is 0 Å². The summed E-state index contributed by atoms with van der Waals surface area (Å²) in [7, 11) is 0. The Morgan fingerprint density at radius 3 is 3.08 bits per heavy atom. The highest BCUT2D eigenvalue weighted by atomic mass is 35.5. The SMILES string of the molecule is C=Cc1cnc2c(Cl)nccn12. The van der Waals surface area contributed by atoms with E-state index in [1.807, 2.05) is 4.40 Å². The van der Waals surface area contributed by atoms with Crippen molar-refractivity contribution < 1.29 is 0 Å². The molecule has 60 valence electrons. The summed E-state index contributed by atoms with van der Waals surface area (Å²) in [6.45, 7) is 3.66. The zero-order valence-corrected chi connectivity index (χ0v) is 6.99. The van der Waals surface area contributed by atoms with E-state index in [2.05, 4.69) is 16.5 Å². The second-order valence-corrected chi connectivity index (χ2v) is 2.66. The van der Waals surface area contributed by atoms with Crippen LogP contribution in [-0.4, -0.2) is 14.4 Å². The fourth-order valence-corrected chi connectivity index (χ4v) is 1.25. The van der Waals surface area contributed by atoms with E-state index in [0.29, 0.717) is 10.8 Å². The highest BCUT2D eigenvalue weighted by Gasteiger charge is 2.02. The second kappa shape index (κ2) is 2.60. The Hall–Kier alpha value is -1.35. The van der Waals surface area contributed by atoms with Gasteiger partial charge >= 0.3 is 0 Å². The van der Waals surface area contributed by atoms with Gasteiger partial charge in [-0.15, -0.1) is 0 Å². The molecule has 0 saturated heterocycles. The fraction of sp³-hybridized carbons (Fsp3) is 0. The van der Waals surface area contributed by atoms with Crippen molar-refractivity contribution in [3.05, 3.63) is 36.0 Å². The first-order valence-corrected chi connectivity index (χ1v) is 3.80. The van der Waals surface area contributed by atoms with Crippen molar-refractivity contribution in [2.24, 2.45) is 0 Å². The second-order valence-electron chi connectivity index (χ2n) is 2.30. The maximum Gasteiger partial charge on any atom is 0.175 e.